The van der Waals surface area contributed by atoms with Crippen LogP contribution in [0.25, 0.3) is 0 Å². The molecule has 0 aromatic heterocycles. The van der Waals surface area contributed by atoms with Crippen LogP contribution in [0.2, 0.25) is 0 Å². The molecule has 3 fully saturated rings. The highest BCUT2D eigenvalue weighted by molar-refractivity contribution is 5.69. The highest BCUT2D eigenvalue weighted by Gasteiger charge is 2.44. The number of hydrogen-bond acceptors (Lipinski definition) is 2. The maximum atomic E-state index is 11.9. The SMILES string of the molecule is CCCCCCCC1CCC2C(CCC3CC(OC(=O)CCC)CCC32)C1. The van der Waals surface area contributed by atoms with Gasteiger partial charge in [-0.15, -0.1) is 0 Å². The molecule has 0 aromatic rings. The maximum Gasteiger partial charge on any atom is 0.306 e. The predicted molar refractivity (Wildman–Crippen MR) is 113 cm³/mol. The maximum absolute atomic E-state index is 11.9. The number of unbranched alkanes of at least 4 members (excludes halogenated alkanes) is 4. The summed E-state index contributed by atoms with van der Waals surface area (Å²) in [6, 6.07) is 0. The number of ether oxygens (including phenoxy) is 1. The van der Waals surface area contributed by atoms with Crippen molar-refractivity contribution in [2.45, 2.75) is 123 Å². The quantitative estimate of drug-likeness (QED) is 0.312. The molecule has 2 heteroatoms. The minimum atomic E-state index is 0.0362. The average molecular weight is 377 g/mol. The van der Waals surface area contributed by atoms with Crippen LogP contribution in [0.4, 0.5) is 0 Å². The summed E-state index contributed by atoms with van der Waals surface area (Å²) in [5.74, 6) is 4.84. The first kappa shape index (κ1) is 21.2. The second kappa shape index (κ2) is 10.9. The van der Waals surface area contributed by atoms with Crippen LogP contribution in [-0.4, -0.2) is 12.1 Å². The average Bonchev–Trinajstić information content (AvgIpc) is 2.67. The Kier molecular flexibility index (Phi) is 8.52. The van der Waals surface area contributed by atoms with Gasteiger partial charge in [0, 0.05) is 6.42 Å². The van der Waals surface area contributed by atoms with E-state index in [9.17, 15) is 4.79 Å². The van der Waals surface area contributed by atoms with Gasteiger partial charge in [-0.3, -0.25) is 4.79 Å². The second-order valence-corrected chi connectivity index (χ2v) is 9.98. The van der Waals surface area contributed by atoms with Crippen LogP contribution in [0.1, 0.15) is 117 Å². The van der Waals surface area contributed by atoms with E-state index in [1.807, 2.05) is 0 Å². The van der Waals surface area contributed by atoms with E-state index in [-0.39, 0.29) is 12.1 Å². The van der Waals surface area contributed by atoms with Crippen molar-refractivity contribution in [3.8, 4) is 0 Å². The lowest BCUT2D eigenvalue weighted by Crippen LogP contribution is -2.43. The van der Waals surface area contributed by atoms with Crippen LogP contribution in [-0.2, 0) is 9.53 Å². The molecular formula is C25H44O2. The normalized spacial score (nSPS) is 35.9. The van der Waals surface area contributed by atoms with Gasteiger partial charge in [0.1, 0.15) is 6.10 Å². The molecule has 2 nitrogen and oxygen atoms in total. The van der Waals surface area contributed by atoms with Gasteiger partial charge in [0.05, 0.1) is 0 Å². The molecule has 0 bridgehead atoms. The third-order valence-electron chi connectivity index (χ3n) is 8.07. The van der Waals surface area contributed by atoms with Gasteiger partial charge < -0.3 is 4.74 Å². The summed E-state index contributed by atoms with van der Waals surface area (Å²) < 4.78 is 5.77. The number of carbonyl (C=O) groups is 1. The number of rotatable bonds is 9. The summed E-state index contributed by atoms with van der Waals surface area (Å²) in [7, 11) is 0. The summed E-state index contributed by atoms with van der Waals surface area (Å²) in [5, 5.41) is 0. The van der Waals surface area contributed by atoms with Crippen molar-refractivity contribution >= 4 is 5.97 Å². The number of fused-ring (bicyclic) bond motifs is 3. The molecule has 0 spiro atoms. The lowest BCUT2D eigenvalue weighted by Gasteiger charge is -2.50. The monoisotopic (exact) mass is 376 g/mol. The summed E-state index contributed by atoms with van der Waals surface area (Å²) in [6.45, 7) is 4.36. The summed E-state index contributed by atoms with van der Waals surface area (Å²) >= 11 is 0. The van der Waals surface area contributed by atoms with E-state index >= 15 is 0 Å². The van der Waals surface area contributed by atoms with Gasteiger partial charge in [0.15, 0.2) is 0 Å². The molecule has 0 amide bonds. The fourth-order valence-corrected chi connectivity index (χ4v) is 6.70. The Labute approximate surface area is 168 Å². The minimum absolute atomic E-state index is 0.0362. The van der Waals surface area contributed by atoms with Crippen molar-refractivity contribution in [3.63, 3.8) is 0 Å². The standard InChI is InChI=1S/C25H44O2/c1-3-5-6-7-8-10-19-11-15-23-20(17-19)12-13-21-18-22(14-16-24(21)23)27-25(26)9-4-2/h19-24H,3-18H2,1-2H3. The molecule has 6 atom stereocenters. The zero-order chi connectivity index (χ0) is 19.1. The van der Waals surface area contributed by atoms with E-state index in [0.29, 0.717) is 6.42 Å². The first-order valence-electron chi connectivity index (χ1n) is 12.4. The number of esters is 1. The molecule has 0 aromatic carbocycles. The van der Waals surface area contributed by atoms with Crippen molar-refractivity contribution in [1.29, 1.82) is 0 Å². The molecule has 6 unspecified atom stereocenters. The fourth-order valence-electron chi connectivity index (χ4n) is 6.70. The summed E-state index contributed by atoms with van der Waals surface area (Å²) in [5.41, 5.74) is 0. The van der Waals surface area contributed by atoms with Crippen molar-refractivity contribution in [3.05, 3.63) is 0 Å². The Bertz CT molecular complexity index is 446. The van der Waals surface area contributed by atoms with E-state index in [2.05, 4.69) is 13.8 Å². The van der Waals surface area contributed by atoms with Crippen LogP contribution in [0.5, 0.6) is 0 Å². The Balaban J connectivity index is 1.41. The summed E-state index contributed by atoms with van der Waals surface area (Å²) in [6.07, 6.45) is 21.3. The van der Waals surface area contributed by atoms with Crippen molar-refractivity contribution in [1.82, 2.24) is 0 Å². The van der Waals surface area contributed by atoms with Crippen molar-refractivity contribution in [2.24, 2.45) is 29.6 Å². The Morgan fingerprint density at radius 2 is 1.48 bits per heavy atom. The molecule has 3 rings (SSSR count). The largest absolute Gasteiger partial charge is 0.462 e. The van der Waals surface area contributed by atoms with E-state index in [1.54, 1.807) is 0 Å². The van der Waals surface area contributed by atoms with Gasteiger partial charge in [0.25, 0.3) is 0 Å². The fraction of sp³-hybridized carbons (Fsp3) is 0.960. The molecule has 156 valence electrons. The highest BCUT2D eigenvalue weighted by atomic mass is 16.5. The topological polar surface area (TPSA) is 26.3 Å². The van der Waals surface area contributed by atoms with E-state index in [0.717, 1.165) is 48.9 Å². The molecule has 3 aliphatic rings. The zero-order valence-electron chi connectivity index (χ0n) is 18.1. The van der Waals surface area contributed by atoms with Gasteiger partial charge in [-0.1, -0.05) is 58.8 Å². The van der Waals surface area contributed by atoms with E-state index in [4.69, 9.17) is 4.74 Å². The lowest BCUT2D eigenvalue weighted by atomic mass is 9.56. The molecule has 0 radical (unpaired) electrons. The predicted octanol–water partition coefficient (Wildman–Crippen LogP) is 7.30. The molecule has 3 aliphatic carbocycles. The molecule has 0 N–H and O–H groups in total. The Morgan fingerprint density at radius 3 is 2.22 bits per heavy atom. The number of carbonyl (C=O) groups excluding carboxylic acids is 1. The molecular weight excluding hydrogens is 332 g/mol. The van der Waals surface area contributed by atoms with Gasteiger partial charge in [-0.2, -0.15) is 0 Å². The molecule has 3 saturated carbocycles. The molecule has 27 heavy (non-hydrogen) atoms. The van der Waals surface area contributed by atoms with Crippen LogP contribution in [0.3, 0.4) is 0 Å². The van der Waals surface area contributed by atoms with E-state index < -0.39 is 0 Å². The summed E-state index contributed by atoms with van der Waals surface area (Å²) in [4.78, 5) is 11.9. The van der Waals surface area contributed by atoms with Crippen LogP contribution in [0.15, 0.2) is 0 Å². The van der Waals surface area contributed by atoms with Crippen LogP contribution >= 0.6 is 0 Å². The Hall–Kier alpha value is -0.530. The molecule has 0 aliphatic heterocycles. The first-order valence-corrected chi connectivity index (χ1v) is 12.4. The van der Waals surface area contributed by atoms with Crippen molar-refractivity contribution < 1.29 is 9.53 Å². The van der Waals surface area contributed by atoms with E-state index in [1.165, 1.54) is 77.0 Å². The molecule has 0 heterocycles. The van der Waals surface area contributed by atoms with Crippen molar-refractivity contribution in [2.75, 3.05) is 0 Å². The molecule has 0 saturated heterocycles. The smallest absolute Gasteiger partial charge is 0.306 e. The minimum Gasteiger partial charge on any atom is -0.462 e. The highest BCUT2D eigenvalue weighted by Crippen LogP contribution is 2.53. The lowest BCUT2D eigenvalue weighted by molar-refractivity contribution is -0.153. The van der Waals surface area contributed by atoms with Gasteiger partial charge in [-0.05, 0) is 81.0 Å². The van der Waals surface area contributed by atoms with Gasteiger partial charge in [-0.25, -0.2) is 0 Å². The van der Waals surface area contributed by atoms with Crippen LogP contribution in [0, 0.1) is 29.6 Å². The number of hydrogen-bond donors (Lipinski definition) is 0. The third-order valence-corrected chi connectivity index (χ3v) is 8.07. The van der Waals surface area contributed by atoms with Crippen LogP contribution < -0.4 is 0 Å². The third kappa shape index (κ3) is 5.97. The zero-order valence-corrected chi connectivity index (χ0v) is 18.1. The first-order chi connectivity index (χ1) is 13.2. The Morgan fingerprint density at radius 1 is 0.778 bits per heavy atom. The second-order valence-electron chi connectivity index (χ2n) is 9.98. The van der Waals surface area contributed by atoms with Gasteiger partial charge >= 0.3 is 5.97 Å². The van der Waals surface area contributed by atoms with Gasteiger partial charge in [0.2, 0.25) is 0 Å².